The fourth-order valence-electron chi connectivity index (χ4n) is 1.18. The Morgan fingerprint density at radius 3 is 2.69 bits per heavy atom. The highest BCUT2D eigenvalue weighted by Crippen LogP contribution is 2.26. The van der Waals surface area contributed by atoms with Gasteiger partial charge in [0.05, 0.1) is 16.4 Å². The summed E-state index contributed by atoms with van der Waals surface area (Å²) in [6.45, 7) is 0. The molecule has 0 heterocycles. The average Bonchev–Trinajstić information content (AvgIpc) is 2.27. The molecule has 0 N–H and O–H groups in total. The van der Waals surface area contributed by atoms with Gasteiger partial charge in [0.2, 0.25) is 0 Å². The summed E-state index contributed by atoms with van der Waals surface area (Å²) in [5, 5.41) is 19.6. The van der Waals surface area contributed by atoms with Crippen molar-refractivity contribution in [2.24, 2.45) is 0 Å². The van der Waals surface area contributed by atoms with E-state index in [1.54, 1.807) is 6.07 Å². The Balaban J connectivity index is 3.62. The van der Waals surface area contributed by atoms with Gasteiger partial charge in [-0.2, -0.15) is 5.26 Å². The van der Waals surface area contributed by atoms with Gasteiger partial charge in [-0.25, -0.2) is 0 Å². The molecule has 1 aromatic rings. The van der Waals surface area contributed by atoms with Gasteiger partial charge in [-0.05, 0) is 28.7 Å². The zero-order valence-electron chi connectivity index (χ0n) is 7.74. The van der Waals surface area contributed by atoms with Gasteiger partial charge in [0.25, 0.3) is 5.69 Å². The van der Waals surface area contributed by atoms with Gasteiger partial charge in [-0.15, -0.1) is 11.6 Å². The van der Waals surface area contributed by atoms with Crippen LogP contribution in [-0.4, -0.2) is 16.6 Å². The zero-order valence-corrected chi connectivity index (χ0v) is 10.7. The van der Waals surface area contributed by atoms with Gasteiger partial charge >= 0.3 is 0 Å². The van der Waals surface area contributed by atoms with E-state index < -0.39 is 16.6 Å². The minimum absolute atomic E-state index is 0.000417. The first kappa shape index (κ1) is 12.9. The first-order chi connectivity index (χ1) is 7.52. The van der Waals surface area contributed by atoms with E-state index in [2.05, 4.69) is 0 Å². The van der Waals surface area contributed by atoms with Gasteiger partial charge < -0.3 is 0 Å². The van der Waals surface area contributed by atoms with Crippen molar-refractivity contribution in [2.45, 2.75) is 0 Å². The fraction of sp³-hybridized carbons (Fsp3) is 0.111. The Bertz CT molecular complexity index is 510. The van der Waals surface area contributed by atoms with Crippen LogP contribution in [0.5, 0.6) is 0 Å². The summed E-state index contributed by atoms with van der Waals surface area (Å²) < 4.78 is 0.485. The van der Waals surface area contributed by atoms with Crippen molar-refractivity contribution in [2.75, 3.05) is 5.88 Å². The number of hydrogen-bond donors (Lipinski definition) is 0. The number of hydrogen-bond acceptors (Lipinski definition) is 4. The van der Waals surface area contributed by atoms with Crippen molar-refractivity contribution < 1.29 is 9.72 Å². The molecule has 0 atom stereocenters. The van der Waals surface area contributed by atoms with Gasteiger partial charge in [0, 0.05) is 9.64 Å². The Morgan fingerprint density at radius 1 is 1.62 bits per heavy atom. The van der Waals surface area contributed by atoms with E-state index in [9.17, 15) is 14.9 Å². The lowest BCUT2D eigenvalue weighted by Gasteiger charge is -2.03. The lowest BCUT2D eigenvalue weighted by atomic mass is 10.0. The van der Waals surface area contributed by atoms with Crippen LogP contribution < -0.4 is 0 Å². The molecule has 0 unspecified atom stereocenters. The van der Waals surface area contributed by atoms with E-state index in [-0.39, 0.29) is 16.8 Å². The molecule has 0 aliphatic heterocycles. The van der Waals surface area contributed by atoms with Gasteiger partial charge in [-0.3, -0.25) is 14.9 Å². The highest BCUT2D eigenvalue weighted by Gasteiger charge is 2.25. The number of carbonyl (C=O) groups is 1. The largest absolute Gasteiger partial charge is 0.293 e. The van der Waals surface area contributed by atoms with E-state index in [1.807, 2.05) is 22.6 Å². The molecule has 82 valence electrons. The summed E-state index contributed by atoms with van der Waals surface area (Å²) in [4.78, 5) is 21.5. The molecule has 0 aromatic heterocycles. The topological polar surface area (TPSA) is 84.0 Å². The third-order valence-corrected chi connectivity index (χ3v) is 2.98. The molecule has 0 fully saturated rings. The SMILES string of the molecule is N#Cc1c(I)ccc([N+](=O)[O-])c1C(=O)CCl. The number of Topliss-reactive ketones (excluding diaryl/α,β-unsaturated/α-hetero) is 1. The van der Waals surface area contributed by atoms with Gasteiger partial charge in [0.1, 0.15) is 11.6 Å². The fourth-order valence-corrected chi connectivity index (χ4v) is 1.88. The van der Waals surface area contributed by atoms with Crippen LogP contribution in [0, 0.1) is 25.0 Å². The molecule has 0 amide bonds. The molecule has 1 rings (SSSR count). The van der Waals surface area contributed by atoms with Crippen LogP contribution in [0.2, 0.25) is 0 Å². The molecular weight excluding hydrogens is 346 g/mol. The number of ketones is 1. The molecular formula is C9H4ClIN2O3. The van der Waals surface area contributed by atoms with E-state index >= 15 is 0 Å². The number of carbonyl (C=O) groups excluding carboxylic acids is 1. The summed E-state index contributed by atoms with van der Waals surface area (Å²) in [6.07, 6.45) is 0. The predicted molar refractivity (Wildman–Crippen MR) is 65.6 cm³/mol. The first-order valence-electron chi connectivity index (χ1n) is 3.99. The maximum atomic E-state index is 11.5. The second kappa shape index (κ2) is 5.23. The Morgan fingerprint density at radius 2 is 2.25 bits per heavy atom. The van der Waals surface area contributed by atoms with Crippen LogP contribution in [0.1, 0.15) is 15.9 Å². The zero-order chi connectivity index (χ0) is 12.3. The number of nitrogens with zero attached hydrogens (tertiary/aromatic N) is 2. The number of benzene rings is 1. The van der Waals surface area contributed by atoms with E-state index in [0.29, 0.717) is 3.57 Å². The molecule has 0 aliphatic rings. The predicted octanol–water partition coefficient (Wildman–Crippen LogP) is 2.49. The molecule has 5 nitrogen and oxygen atoms in total. The molecule has 0 aliphatic carbocycles. The van der Waals surface area contributed by atoms with Crippen LogP contribution in [0.25, 0.3) is 0 Å². The molecule has 1 aromatic carbocycles. The van der Waals surface area contributed by atoms with Crippen LogP contribution in [0.15, 0.2) is 12.1 Å². The van der Waals surface area contributed by atoms with Crippen LogP contribution in [-0.2, 0) is 0 Å². The molecule has 0 saturated heterocycles. The van der Waals surface area contributed by atoms with Gasteiger partial charge in [-0.1, -0.05) is 0 Å². The monoisotopic (exact) mass is 350 g/mol. The normalized spacial score (nSPS) is 9.56. The molecule has 0 bridgehead atoms. The van der Waals surface area contributed by atoms with Crippen molar-refractivity contribution in [3.8, 4) is 6.07 Å². The lowest BCUT2D eigenvalue weighted by molar-refractivity contribution is -0.385. The third-order valence-electron chi connectivity index (χ3n) is 1.84. The Hall–Kier alpha value is -1.20. The lowest BCUT2D eigenvalue weighted by Crippen LogP contribution is -2.09. The molecule has 16 heavy (non-hydrogen) atoms. The molecule has 0 spiro atoms. The number of rotatable bonds is 3. The van der Waals surface area contributed by atoms with Crippen molar-refractivity contribution in [1.82, 2.24) is 0 Å². The van der Waals surface area contributed by atoms with Crippen molar-refractivity contribution in [1.29, 1.82) is 5.26 Å². The smallest absolute Gasteiger partial charge is 0.281 e. The summed E-state index contributed by atoms with van der Waals surface area (Å²) in [5.41, 5.74) is -0.600. The highest BCUT2D eigenvalue weighted by atomic mass is 127. The van der Waals surface area contributed by atoms with E-state index in [0.717, 1.165) is 0 Å². The van der Waals surface area contributed by atoms with Crippen LogP contribution in [0.4, 0.5) is 5.69 Å². The van der Waals surface area contributed by atoms with E-state index in [4.69, 9.17) is 16.9 Å². The molecule has 7 heteroatoms. The van der Waals surface area contributed by atoms with Gasteiger partial charge in [0.15, 0.2) is 5.78 Å². The summed E-state index contributed by atoms with van der Waals surface area (Å²) in [7, 11) is 0. The quantitative estimate of drug-likeness (QED) is 0.276. The third kappa shape index (κ3) is 2.31. The Kier molecular flexibility index (Phi) is 4.20. The summed E-state index contributed by atoms with van der Waals surface area (Å²) in [6, 6.07) is 4.40. The van der Waals surface area contributed by atoms with Crippen LogP contribution >= 0.6 is 34.2 Å². The highest BCUT2D eigenvalue weighted by molar-refractivity contribution is 14.1. The minimum Gasteiger partial charge on any atom is -0.293 e. The van der Waals surface area contributed by atoms with Crippen molar-refractivity contribution in [3.05, 3.63) is 36.9 Å². The number of halogens is 2. The number of nitriles is 1. The number of alkyl halides is 1. The second-order valence-electron chi connectivity index (χ2n) is 2.74. The van der Waals surface area contributed by atoms with Crippen molar-refractivity contribution >= 4 is 45.7 Å². The Labute approximate surface area is 109 Å². The van der Waals surface area contributed by atoms with E-state index in [1.165, 1.54) is 12.1 Å². The van der Waals surface area contributed by atoms with Crippen LogP contribution in [0.3, 0.4) is 0 Å². The summed E-state index contributed by atoms with van der Waals surface area (Å²) >= 11 is 7.20. The standard InChI is InChI=1S/C9H4ClIN2O3/c10-3-8(14)9-5(4-12)6(11)1-2-7(9)13(15)16/h1-2H,3H2. The number of nitro benzene ring substituents is 1. The maximum absolute atomic E-state index is 11.5. The van der Waals surface area contributed by atoms with Crippen molar-refractivity contribution in [3.63, 3.8) is 0 Å². The second-order valence-corrected chi connectivity index (χ2v) is 4.17. The number of nitro groups is 1. The molecule has 0 radical (unpaired) electrons. The maximum Gasteiger partial charge on any atom is 0.281 e. The first-order valence-corrected chi connectivity index (χ1v) is 5.60. The average molecular weight is 350 g/mol. The molecule has 0 saturated carbocycles. The minimum atomic E-state index is -0.698. The summed E-state index contributed by atoms with van der Waals surface area (Å²) in [5.74, 6) is -1.02.